The molecule has 0 radical (unpaired) electrons. The van der Waals surface area contributed by atoms with Gasteiger partial charge in [0, 0.05) is 12.1 Å². The smallest absolute Gasteiger partial charge is 0.425 e. The van der Waals surface area contributed by atoms with Crippen LogP contribution in [0.25, 0.3) is 5.69 Å². The van der Waals surface area contributed by atoms with E-state index in [0.29, 0.717) is 16.9 Å². The molecule has 1 aliphatic rings. The minimum Gasteiger partial charge on any atom is -0.494 e. The first-order valence-corrected chi connectivity index (χ1v) is 10.4. The van der Waals surface area contributed by atoms with Crippen molar-refractivity contribution in [2.45, 2.75) is 32.3 Å². The van der Waals surface area contributed by atoms with Gasteiger partial charge in [0.05, 0.1) is 48.4 Å². The summed E-state index contributed by atoms with van der Waals surface area (Å²) in [4.78, 5) is 15.0. The highest BCUT2D eigenvalue weighted by Crippen LogP contribution is 2.37. The zero-order valence-electron chi connectivity index (χ0n) is 18.6. The number of rotatable bonds is 5. The number of halogens is 3. The van der Waals surface area contributed by atoms with Gasteiger partial charge in [-0.2, -0.15) is 28.8 Å². The van der Waals surface area contributed by atoms with Crippen molar-refractivity contribution < 1.29 is 27.4 Å². The van der Waals surface area contributed by atoms with Crippen LogP contribution in [0.3, 0.4) is 0 Å². The summed E-state index contributed by atoms with van der Waals surface area (Å²) in [7, 11) is 1.23. The number of hydrogen-bond donors (Lipinski definition) is 0. The van der Waals surface area contributed by atoms with Gasteiger partial charge in [0.15, 0.2) is 11.9 Å². The van der Waals surface area contributed by atoms with E-state index in [9.17, 15) is 23.2 Å². The van der Waals surface area contributed by atoms with Crippen molar-refractivity contribution >= 4 is 5.91 Å². The molecule has 0 unspecified atom stereocenters. The van der Waals surface area contributed by atoms with Crippen molar-refractivity contribution in [1.29, 1.82) is 10.5 Å². The highest BCUT2D eigenvalue weighted by Gasteiger charge is 2.40. The normalized spacial score (nSPS) is 13.5. The highest BCUT2D eigenvalue weighted by atomic mass is 19.4. The number of ether oxygens (including phenoxy) is 2. The molecule has 1 aliphatic heterocycles. The molecule has 0 spiro atoms. The molecule has 3 aromatic rings. The Hall–Kier alpha value is -4.51. The molecule has 1 aromatic heterocycles. The number of alkyl halides is 3. The third-order valence-electron chi connectivity index (χ3n) is 5.61. The largest absolute Gasteiger partial charge is 0.494 e. The van der Waals surface area contributed by atoms with Crippen molar-refractivity contribution in [1.82, 2.24) is 14.7 Å². The highest BCUT2D eigenvalue weighted by molar-refractivity contribution is 6.00. The van der Waals surface area contributed by atoms with Crippen LogP contribution in [0.2, 0.25) is 0 Å². The molecule has 0 aliphatic carbocycles. The third kappa shape index (κ3) is 4.36. The van der Waals surface area contributed by atoms with E-state index in [0.717, 1.165) is 18.6 Å². The SMILES string of the molecule is COc1c(C#N)ccc(O[C@@H](C)C(F)(F)F)c1C(=O)N1Cc2cnn(-c3ccc(C#N)cc3)c2C1. The third-order valence-corrected chi connectivity index (χ3v) is 5.61. The van der Waals surface area contributed by atoms with E-state index in [1.165, 1.54) is 18.1 Å². The van der Waals surface area contributed by atoms with E-state index < -0.39 is 18.2 Å². The maximum Gasteiger partial charge on any atom is 0.425 e. The number of amides is 1. The van der Waals surface area contributed by atoms with Gasteiger partial charge in [-0.05, 0) is 43.3 Å². The van der Waals surface area contributed by atoms with Gasteiger partial charge in [-0.1, -0.05) is 0 Å². The Morgan fingerprint density at radius 2 is 1.83 bits per heavy atom. The predicted molar refractivity (Wildman–Crippen MR) is 116 cm³/mol. The monoisotopic (exact) mass is 481 g/mol. The van der Waals surface area contributed by atoms with E-state index in [2.05, 4.69) is 5.10 Å². The number of hydrogen-bond acceptors (Lipinski definition) is 6. The van der Waals surface area contributed by atoms with Gasteiger partial charge in [0.1, 0.15) is 17.4 Å². The number of carbonyl (C=O) groups is 1. The number of nitrogens with zero attached hydrogens (tertiary/aromatic N) is 5. The number of nitriles is 2. The average molecular weight is 481 g/mol. The molecule has 0 bridgehead atoms. The molecule has 0 saturated heterocycles. The van der Waals surface area contributed by atoms with Crippen LogP contribution in [-0.4, -0.2) is 40.0 Å². The summed E-state index contributed by atoms with van der Waals surface area (Å²) in [6, 6.07) is 13.1. The molecule has 11 heteroatoms. The molecular formula is C24H18F3N5O3. The Labute approximate surface area is 198 Å². The minimum absolute atomic E-state index is 0.0108. The van der Waals surface area contributed by atoms with E-state index in [1.807, 2.05) is 12.1 Å². The van der Waals surface area contributed by atoms with E-state index >= 15 is 0 Å². The van der Waals surface area contributed by atoms with Crippen LogP contribution in [0.15, 0.2) is 42.6 Å². The van der Waals surface area contributed by atoms with Crippen LogP contribution < -0.4 is 9.47 Å². The van der Waals surface area contributed by atoms with E-state index in [4.69, 9.17) is 14.7 Å². The molecule has 2 aromatic carbocycles. The van der Waals surface area contributed by atoms with Crippen molar-refractivity contribution in [2.24, 2.45) is 0 Å². The van der Waals surface area contributed by atoms with Crippen molar-refractivity contribution in [3.8, 4) is 29.3 Å². The van der Waals surface area contributed by atoms with Crippen molar-refractivity contribution in [3.63, 3.8) is 0 Å². The average Bonchev–Trinajstić information content (AvgIpc) is 3.44. The Balaban J connectivity index is 1.69. The summed E-state index contributed by atoms with van der Waals surface area (Å²) in [6.07, 6.45) is -5.24. The summed E-state index contributed by atoms with van der Waals surface area (Å²) < 4.78 is 51.5. The molecule has 35 heavy (non-hydrogen) atoms. The van der Waals surface area contributed by atoms with Crippen LogP contribution in [0.4, 0.5) is 13.2 Å². The summed E-state index contributed by atoms with van der Waals surface area (Å²) in [5, 5.41) is 22.8. The summed E-state index contributed by atoms with van der Waals surface area (Å²) in [5.41, 5.74) is 2.37. The lowest BCUT2D eigenvalue weighted by atomic mass is 10.1. The zero-order valence-corrected chi connectivity index (χ0v) is 18.6. The fraction of sp³-hybridized carbons (Fsp3) is 0.250. The van der Waals surface area contributed by atoms with Crippen LogP contribution in [0.5, 0.6) is 11.5 Å². The topological polar surface area (TPSA) is 104 Å². The summed E-state index contributed by atoms with van der Waals surface area (Å²) in [5.74, 6) is -1.14. The lowest BCUT2D eigenvalue weighted by Gasteiger charge is -2.23. The Kier molecular flexibility index (Phi) is 6.10. The molecule has 0 N–H and O–H groups in total. The van der Waals surface area contributed by atoms with Gasteiger partial charge in [0.25, 0.3) is 5.91 Å². The number of aromatic nitrogens is 2. The van der Waals surface area contributed by atoms with Crippen LogP contribution >= 0.6 is 0 Å². The maximum atomic E-state index is 13.6. The first-order valence-electron chi connectivity index (χ1n) is 10.4. The summed E-state index contributed by atoms with van der Waals surface area (Å²) >= 11 is 0. The van der Waals surface area contributed by atoms with Crippen molar-refractivity contribution in [3.05, 3.63) is 70.5 Å². The van der Waals surface area contributed by atoms with E-state index in [1.54, 1.807) is 35.1 Å². The fourth-order valence-corrected chi connectivity index (χ4v) is 3.77. The van der Waals surface area contributed by atoms with E-state index in [-0.39, 0.29) is 35.7 Å². The molecule has 2 heterocycles. The van der Waals surface area contributed by atoms with Crippen molar-refractivity contribution in [2.75, 3.05) is 7.11 Å². The predicted octanol–water partition coefficient (Wildman–Crippen LogP) is 4.11. The van der Waals surface area contributed by atoms with Gasteiger partial charge in [0.2, 0.25) is 0 Å². The molecule has 0 fully saturated rings. The molecule has 0 saturated carbocycles. The first-order chi connectivity index (χ1) is 16.7. The molecule has 178 valence electrons. The van der Waals surface area contributed by atoms with Gasteiger partial charge >= 0.3 is 6.18 Å². The Bertz CT molecular complexity index is 1370. The lowest BCUT2D eigenvalue weighted by Crippen LogP contribution is -2.33. The van der Waals surface area contributed by atoms with Gasteiger partial charge in [-0.3, -0.25) is 4.79 Å². The number of methoxy groups -OCH3 is 1. The Morgan fingerprint density at radius 3 is 2.43 bits per heavy atom. The molecule has 1 amide bonds. The molecule has 8 nitrogen and oxygen atoms in total. The van der Waals surface area contributed by atoms with Gasteiger partial charge < -0.3 is 14.4 Å². The second-order valence-electron chi connectivity index (χ2n) is 7.78. The van der Waals surface area contributed by atoms with Crippen LogP contribution in [-0.2, 0) is 13.1 Å². The molecule has 4 rings (SSSR count). The van der Waals surface area contributed by atoms with Gasteiger partial charge in [-0.15, -0.1) is 0 Å². The molecule has 1 atom stereocenters. The fourth-order valence-electron chi connectivity index (χ4n) is 3.77. The summed E-state index contributed by atoms with van der Waals surface area (Å²) in [6.45, 7) is 1.10. The van der Waals surface area contributed by atoms with Gasteiger partial charge in [-0.25, -0.2) is 4.68 Å². The number of benzene rings is 2. The van der Waals surface area contributed by atoms with Crippen LogP contribution in [0.1, 0.15) is 39.7 Å². The number of carbonyl (C=O) groups excluding carboxylic acids is 1. The first kappa shape index (κ1) is 23.6. The Morgan fingerprint density at radius 1 is 1.11 bits per heavy atom. The van der Waals surface area contributed by atoms with Crippen LogP contribution in [0, 0.1) is 22.7 Å². The quantitative estimate of drug-likeness (QED) is 0.543. The molecular weight excluding hydrogens is 463 g/mol. The lowest BCUT2D eigenvalue weighted by molar-refractivity contribution is -0.189. The zero-order chi connectivity index (χ0) is 25.3. The standard InChI is InChI=1S/C24H18F3N5O3/c1-14(24(25,26)27)35-20-8-5-16(10-29)22(34-2)21(20)23(33)31-12-17-11-30-32(19(17)13-31)18-6-3-15(9-28)4-7-18/h3-8,11,14H,12-13H2,1-2H3/t14-/m0/s1. The number of fused-ring (bicyclic) bond motifs is 1. The second kappa shape index (κ2) is 9.03. The minimum atomic E-state index is -4.66. The maximum absolute atomic E-state index is 13.6. The second-order valence-corrected chi connectivity index (χ2v) is 7.78.